The zero-order valence-corrected chi connectivity index (χ0v) is 14.3. The number of aliphatic hydroxyl groups excluding tert-OH is 1. The number of aliphatic hydroxyl groups is 1. The monoisotopic (exact) mass is 321 g/mol. The van der Waals surface area contributed by atoms with Crippen molar-refractivity contribution in [3.63, 3.8) is 0 Å². The van der Waals surface area contributed by atoms with Gasteiger partial charge in [0.25, 0.3) is 5.91 Å². The Bertz CT molecular complexity index is 592. The van der Waals surface area contributed by atoms with Crippen LogP contribution in [0, 0.1) is 0 Å². The van der Waals surface area contributed by atoms with Gasteiger partial charge < -0.3 is 19.3 Å². The third-order valence-electron chi connectivity index (χ3n) is 5.05. The van der Waals surface area contributed by atoms with E-state index in [1.807, 2.05) is 38.6 Å². The van der Waals surface area contributed by atoms with E-state index >= 15 is 0 Å². The molecule has 1 N–H and O–H groups in total. The number of hydrogen-bond donors (Lipinski definition) is 1. The predicted octanol–water partition coefficient (Wildman–Crippen LogP) is -0.0536. The summed E-state index contributed by atoms with van der Waals surface area (Å²) in [5.41, 5.74) is 0.122. The highest BCUT2D eigenvalue weighted by atomic mass is 16.7. The molecule has 2 aliphatic rings. The molecule has 126 valence electrons. The van der Waals surface area contributed by atoms with Gasteiger partial charge >= 0.3 is 7.12 Å². The van der Waals surface area contributed by atoms with Crippen molar-refractivity contribution in [2.75, 3.05) is 13.1 Å². The molecule has 7 nitrogen and oxygen atoms in total. The van der Waals surface area contributed by atoms with E-state index in [9.17, 15) is 9.90 Å². The molecular weight excluding hydrogens is 297 g/mol. The Hall–Kier alpha value is -1.38. The summed E-state index contributed by atoms with van der Waals surface area (Å²) in [5, 5.41) is 13.7. The number of aromatic nitrogens is 2. The molecule has 2 aliphatic heterocycles. The maximum Gasteiger partial charge on any atom is 0.498 e. The number of hydrogen-bond acceptors (Lipinski definition) is 5. The van der Waals surface area contributed by atoms with Crippen LogP contribution in [-0.2, 0) is 14.1 Å². The number of rotatable bonds is 3. The van der Waals surface area contributed by atoms with Crippen LogP contribution in [0.25, 0.3) is 0 Å². The van der Waals surface area contributed by atoms with Crippen LogP contribution in [0.4, 0.5) is 0 Å². The van der Waals surface area contributed by atoms with E-state index in [-0.39, 0.29) is 23.2 Å². The molecule has 1 atom stereocenters. The van der Waals surface area contributed by atoms with Gasteiger partial charge in [-0.05, 0) is 34.6 Å². The van der Waals surface area contributed by atoms with Crippen LogP contribution in [0.15, 0.2) is 12.4 Å². The average molecular weight is 321 g/mol. The molecule has 0 aliphatic carbocycles. The van der Waals surface area contributed by atoms with Gasteiger partial charge in [-0.3, -0.25) is 9.48 Å². The fraction of sp³-hybridized carbons (Fsp3) is 0.733. The molecule has 2 saturated heterocycles. The smallest absolute Gasteiger partial charge is 0.399 e. The van der Waals surface area contributed by atoms with Gasteiger partial charge in [-0.1, -0.05) is 0 Å². The molecule has 3 rings (SSSR count). The largest absolute Gasteiger partial charge is 0.498 e. The van der Waals surface area contributed by atoms with Crippen LogP contribution >= 0.6 is 0 Å². The zero-order valence-electron chi connectivity index (χ0n) is 14.3. The van der Waals surface area contributed by atoms with Crippen molar-refractivity contribution in [2.45, 2.75) is 58.0 Å². The summed E-state index contributed by atoms with van der Waals surface area (Å²) >= 11 is 0. The van der Waals surface area contributed by atoms with Crippen molar-refractivity contribution < 1.29 is 19.2 Å². The number of likely N-dealkylation sites (tertiary alicyclic amines) is 1. The van der Waals surface area contributed by atoms with Crippen LogP contribution in [0.1, 0.15) is 40.7 Å². The molecule has 1 unspecified atom stereocenters. The summed E-state index contributed by atoms with van der Waals surface area (Å²) in [6.45, 7) is 10.7. The molecule has 0 aromatic carbocycles. The van der Waals surface area contributed by atoms with Gasteiger partial charge in [0.2, 0.25) is 0 Å². The van der Waals surface area contributed by atoms with Gasteiger partial charge in [0.1, 0.15) is 6.10 Å². The zero-order chi connectivity index (χ0) is 17.0. The Morgan fingerprint density at radius 1 is 1.35 bits per heavy atom. The highest BCUT2D eigenvalue weighted by molar-refractivity contribution is 6.62. The molecular formula is C15H24BN3O4. The SMILES string of the molecule is CC(O)C(=O)N1CC(n2cc(B3OC(C)(C)C(C)(C)O3)cn2)C1. The lowest BCUT2D eigenvalue weighted by Gasteiger charge is -2.39. The van der Waals surface area contributed by atoms with Crippen LogP contribution in [0.3, 0.4) is 0 Å². The minimum atomic E-state index is -0.950. The Morgan fingerprint density at radius 2 is 1.91 bits per heavy atom. The Balaban J connectivity index is 1.64. The predicted molar refractivity (Wildman–Crippen MR) is 85.2 cm³/mol. The summed E-state index contributed by atoms with van der Waals surface area (Å²) in [6.07, 6.45) is 2.71. The van der Waals surface area contributed by atoms with Gasteiger partial charge in [-0.25, -0.2) is 0 Å². The molecule has 1 aromatic rings. The molecule has 1 amide bonds. The van der Waals surface area contributed by atoms with E-state index in [2.05, 4.69) is 5.10 Å². The van der Waals surface area contributed by atoms with Crippen molar-refractivity contribution in [1.29, 1.82) is 0 Å². The standard InChI is InChI=1S/C15H24BN3O4/c1-10(20)13(21)18-8-12(9-18)19-7-11(6-17-19)16-22-14(2,3)15(4,5)23-16/h6-7,10,12,20H,8-9H2,1-5H3. The number of carbonyl (C=O) groups is 1. The van der Waals surface area contributed by atoms with E-state index in [4.69, 9.17) is 9.31 Å². The van der Waals surface area contributed by atoms with Crippen molar-refractivity contribution >= 4 is 18.5 Å². The quantitative estimate of drug-likeness (QED) is 0.790. The molecule has 23 heavy (non-hydrogen) atoms. The van der Waals surface area contributed by atoms with Crippen LogP contribution < -0.4 is 5.46 Å². The minimum absolute atomic E-state index is 0.133. The summed E-state index contributed by atoms with van der Waals surface area (Å²) in [6, 6.07) is 0.133. The maximum absolute atomic E-state index is 11.7. The van der Waals surface area contributed by atoms with Crippen molar-refractivity contribution in [3.05, 3.63) is 12.4 Å². The van der Waals surface area contributed by atoms with Crippen LogP contribution in [0.2, 0.25) is 0 Å². The molecule has 8 heteroatoms. The van der Waals surface area contributed by atoms with E-state index < -0.39 is 13.2 Å². The van der Waals surface area contributed by atoms with Crippen molar-refractivity contribution in [2.24, 2.45) is 0 Å². The van der Waals surface area contributed by atoms with E-state index in [0.29, 0.717) is 13.1 Å². The lowest BCUT2D eigenvalue weighted by molar-refractivity contribution is -0.145. The summed E-state index contributed by atoms with van der Waals surface area (Å²) in [5.74, 6) is -0.236. The fourth-order valence-electron chi connectivity index (χ4n) is 2.72. The summed E-state index contributed by atoms with van der Waals surface area (Å²) < 4.78 is 13.9. The van der Waals surface area contributed by atoms with Gasteiger partial charge in [-0.2, -0.15) is 5.10 Å². The summed E-state index contributed by atoms with van der Waals surface area (Å²) in [4.78, 5) is 13.3. The van der Waals surface area contributed by atoms with Crippen LogP contribution in [0.5, 0.6) is 0 Å². The van der Waals surface area contributed by atoms with Gasteiger partial charge in [0, 0.05) is 30.9 Å². The molecule has 2 fully saturated rings. The molecule has 0 saturated carbocycles. The van der Waals surface area contributed by atoms with Crippen LogP contribution in [-0.4, -0.2) is 63.2 Å². The first-order valence-corrected chi connectivity index (χ1v) is 7.97. The van der Waals surface area contributed by atoms with Crippen molar-refractivity contribution in [1.82, 2.24) is 14.7 Å². The van der Waals surface area contributed by atoms with E-state index in [0.717, 1.165) is 5.46 Å². The lowest BCUT2D eigenvalue weighted by Crippen LogP contribution is -2.53. The summed E-state index contributed by atoms with van der Waals surface area (Å²) in [7, 11) is -0.427. The third kappa shape index (κ3) is 2.79. The third-order valence-corrected chi connectivity index (χ3v) is 5.05. The minimum Gasteiger partial charge on any atom is -0.399 e. The molecule has 0 bridgehead atoms. The topological polar surface area (TPSA) is 76.8 Å². The van der Waals surface area contributed by atoms with Gasteiger partial charge in [0.05, 0.1) is 17.2 Å². The lowest BCUT2D eigenvalue weighted by atomic mass is 9.82. The fourth-order valence-corrected chi connectivity index (χ4v) is 2.72. The molecule has 1 aromatic heterocycles. The Morgan fingerprint density at radius 3 is 2.43 bits per heavy atom. The number of nitrogens with zero attached hydrogens (tertiary/aromatic N) is 3. The first-order valence-electron chi connectivity index (χ1n) is 7.97. The average Bonchev–Trinajstić information content (AvgIpc) is 2.91. The van der Waals surface area contributed by atoms with Gasteiger partial charge in [-0.15, -0.1) is 0 Å². The normalized spacial score (nSPS) is 24.6. The van der Waals surface area contributed by atoms with Crippen molar-refractivity contribution in [3.8, 4) is 0 Å². The van der Waals surface area contributed by atoms with E-state index in [1.165, 1.54) is 6.92 Å². The first kappa shape index (κ1) is 16.5. The second-order valence-corrected chi connectivity index (χ2v) is 7.41. The maximum atomic E-state index is 11.7. The second-order valence-electron chi connectivity index (χ2n) is 7.41. The highest BCUT2D eigenvalue weighted by Gasteiger charge is 2.52. The Kier molecular flexibility index (Phi) is 3.82. The number of amides is 1. The molecule has 3 heterocycles. The Labute approximate surface area is 136 Å². The van der Waals surface area contributed by atoms with Gasteiger partial charge in [0.15, 0.2) is 0 Å². The number of carbonyl (C=O) groups excluding carboxylic acids is 1. The molecule has 0 radical (unpaired) electrons. The highest BCUT2D eigenvalue weighted by Crippen LogP contribution is 2.36. The second kappa shape index (κ2) is 5.32. The first-order chi connectivity index (χ1) is 10.6. The van der Waals surface area contributed by atoms with E-state index in [1.54, 1.807) is 11.1 Å². The molecule has 0 spiro atoms.